The third-order valence-electron chi connectivity index (χ3n) is 2.08. The van der Waals surface area contributed by atoms with E-state index in [9.17, 15) is 23.7 Å². The SMILES string of the molecule is CC(C)(C)CC(=O)Oc1cc(F)c([N+](=O)[O-])c(F)c1. The molecule has 0 bridgehead atoms. The first-order chi connectivity index (χ1) is 8.60. The van der Waals surface area contributed by atoms with Crippen LogP contribution in [0.4, 0.5) is 14.5 Å². The quantitative estimate of drug-likeness (QED) is 0.367. The topological polar surface area (TPSA) is 69.4 Å². The Morgan fingerprint density at radius 2 is 1.79 bits per heavy atom. The second-order valence-electron chi connectivity index (χ2n) is 5.20. The van der Waals surface area contributed by atoms with Crippen LogP contribution in [0, 0.1) is 27.2 Å². The van der Waals surface area contributed by atoms with Crippen LogP contribution in [0.15, 0.2) is 12.1 Å². The highest BCUT2D eigenvalue weighted by Gasteiger charge is 2.24. The summed E-state index contributed by atoms with van der Waals surface area (Å²) in [6.45, 7) is 5.39. The van der Waals surface area contributed by atoms with Gasteiger partial charge in [-0.05, 0) is 5.41 Å². The van der Waals surface area contributed by atoms with E-state index >= 15 is 0 Å². The van der Waals surface area contributed by atoms with Gasteiger partial charge < -0.3 is 4.74 Å². The van der Waals surface area contributed by atoms with Gasteiger partial charge in [-0.25, -0.2) is 0 Å². The number of carbonyl (C=O) groups is 1. The molecule has 104 valence electrons. The summed E-state index contributed by atoms with van der Waals surface area (Å²) < 4.78 is 31.3. The molecule has 0 radical (unpaired) electrons. The molecule has 0 atom stereocenters. The number of halogens is 2. The van der Waals surface area contributed by atoms with Gasteiger partial charge in [-0.3, -0.25) is 14.9 Å². The number of hydrogen-bond acceptors (Lipinski definition) is 4. The number of nitro benzene ring substituents is 1. The lowest BCUT2D eigenvalue weighted by Crippen LogP contribution is -2.17. The predicted octanol–water partition coefficient (Wildman–Crippen LogP) is 3.21. The molecule has 0 heterocycles. The van der Waals surface area contributed by atoms with Crippen molar-refractivity contribution in [1.29, 1.82) is 0 Å². The fourth-order valence-corrected chi connectivity index (χ4v) is 1.38. The zero-order valence-corrected chi connectivity index (χ0v) is 10.7. The van der Waals surface area contributed by atoms with Crippen LogP contribution in [0.3, 0.4) is 0 Å². The normalized spacial score (nSPS) is 11.2. The summed E-state index contributed by atoms with van der Waals surface area (Å²) in [5.74, 6) is -3.83. The van der Waals surface area contributed by atoms with Crippen molar-refractivity contribution in [3.8, 4) is 5.75 Å². The van der Waals surface area contributed by atoms with Crippen molar-refractivity contribution in [3.63, 3.8) is 0 Å². The van der Waals surface area contributed by atoms with Crippen LogP contribution in [0.2, 0.25) is 0 Å². The van der Waals surface area contributed by atoms with Crippen molar-refractivity contribution in [1.82, 2.24) is 0 Å². The van der Waals surface area contributed by atoms with Crippen LogP contribution in [-0.2, 0) is 4.79 Å². The Morgan fingerprint density at radius 3 is 2.16 bits per heavy atom. The van der Waals surface area contributed by atoms with Gasteiger partial charge >= 0.3 is 11.7 Å². The van der Waals surface area contributed by atoms with Crippen molar-refractivity contribution in [2.75, 3.05) is 0 Å². The summed E-state index contributed by atoms with van der Waals surface area (Å²) in [5.41, 5.74) is -1.61. The maximum Gasteiger partial charge on any atom is 0.340 e. The van der Waals surface area contributed by atoms with Gasteiger partial charge in [0.05, 0.1) is 11.3 Å². The molecule has 19 heavy (non-hydrogen) atoms. The first-order valence-corrected chi connectivity index (χ1v) is 5.44. The summed E-state index contributed by atoms with van der Waals surface area (Å²) in [6.07, 6.45) is 0.0488. The Hall–Kier alpha value is -2.05. The van der Waals surface area contributed by atoms with E-state index in [1.807, 2.05) is 0 Å². The minimum Gasteiger partial charge on any atom is -0.426 e. The molecule has 0 amide bonds. The van der Waals surface area contributed by atoms with Crippen molar-refractivity contribution >= 4 is 11.7 Å². The van der Waals surface area contributed by atoms with Crippen LogP contribution in [0.25, 0.3) is 0 Å². The van der Waals surface area contributed by atoms with Crippen LogP contribution < -0.4 is 4.74 Å². The van der Waals surface area contributed by atoms with E-state index < -0.39 is 34.0 Å². The molecule has 0 aliphatic heterocycles. The van der Waals surface area contributed by atoms with E-state index in [1.165, 1.54) is 0 Å². The van der Waals surface area contributed by atoms with Crippen LogP contribution >= 0.6 is 0 Å². The van der Waals surface area contributed by atoms with Crippen LogP contribution in [0.5, 0.6) is 5.75 Å². The molecule has 7 heteroatoms. The molecule has 1 aromatic rings. The third kappa shape index (κ3) is 4.27. The maximum atomic E-state index is 13.3. The number of carbonyl (C=O) groups excluding carboxylic acids is 1. The van der Waals surface area contributed by atoms with Gasteiger partial charge in [-0.1, -0.05) is 20.8 Å². The summed E-state index contributed by atoms with van der Waals surface area (Å²) in [6, 6.07) is 1.23. The molecule has 0 saturated heterocycles. The Bertz CT molecular complexity index is 500. The highest BCUT2D eigenvalue weighted by atomic mass is 19.1. The molecular weight excluding hydrogens is 260 g/mol. The van der Waals surface area contributed by atoms with Gasteiger partial charge in [0.15, 0.2) is 0 Å². The second-order valence-corrected chi connectivity index (χ2v) is 5.20. The average molecular weight is 273 g/mol. The lowest BCUT2D eigenvalue weighted by molar-refractivity contribution is -0.390. The minimum absolute atomic E-state index is 0.0488. The van der Waals surface area contributed by atoms with E-state index in [0.29, 0.717) is 12.1 Å². The maximum absolute atomic E-state index is 13.3. The second kappa shape index (κ2) is 5.29. The fourth-order valence-electron chi connectivity index (χ4n) is 1.38. The molecule has 0 saturated carbocycles. The Morgan fingerprint density at radius 1 is 1.32 bits per heavy atom. The molecule has 0 aromatic heterocycles. The number of benzene rings is 1. The largest absolute Gasteiger partial charge is 0.426 e. The highest BCUT2D eigenvalue weighted by Crippen LogP contribution is 2.27. The van der Waals surface area contributed by atoms with Crippen molar-refractivity contribution < 1.29 is 23.2 Å². The first kappa shape index (κ1) is 15.0. The lowest BCUT2D eigenvalue weighted by atomic mass is 9.92. The first-order valence-electron chi connectivity index (χ1n) is 5.44. The van der Waals surface area contributed by atoms with Crippen LogP contribution in [-0.4, -0.2) is 10.9 Å². The molecule has 1 aromatic carbocycles. The van der Waals surface area contributed by atoms with E-state index in [4.69, 9.17) is 4.74 Å². The molecule has 0 aliphatic carbocycles. The number of esters is 1. The number of ether oxygens (including phenoxy) is 1. The molecule has 0 unspecified atom stereocenters. The van der Waals surface area contributed by atoms with Gasteiger partial charge in [0.1, 0.15) is 5.75 Å². The Labute approximate surface area is 108 Å². The molecular formula is C12H13F2NO4. The smallest absolute Gasteiger partial charge is 0.340 e. The fraction of sp³-hybridized carbons (Fsp3) is 0.417. The molecule has 0 fully saturated rings. The predicted molar refractivity (Wildman–Crippen MR) is 62.7 cm³/mol. The van der Waals surface area contributed by atoms with Gasteiger partial charge in [-0.2, -0.15) is 8.78 Å². The number of rotatable bonds is 3. The van der Waals surface area contributed by atoms with E-state index in [-0.39, 0.29) is 11.8 Å². The molecule has 5 nitrogen and oxygen atoms in total. The summed E-state index contributed by atoms with van der Waals surface area (Å²) in [4.78, 5) is 20.7. The number of nitrogens with zero attached hydrogens (tertiary/aromatic N) is 1. The number of nitro groups is 1. The third-order valence-corrected chi connectivity index (χ3v) is 2.08. The van der Waals surface area contributed by atoms with E-state index in [0.717, 1.165) is 0 Å². The molecule has 0 N–H and O–H groups in total. The van der Waals surface area contributed by atoms with E-state index in [1.54, 1.807) is 20.8 Å². The van der Waals surface area contributed by atoms with Crippen molar-refractivity contribution in [3.05, 3.63) is 33.9 Å². The Balaban J connectivity index is 2.93. The van der Waals surface area contributed by atoms with Crippen LogP contribution in [0.1, 0.15) is 27.2 Å². The highest BCUT2D eigenvalue weighted by molar-refractivity contribution is 5.73. The summed E-state index contributed by atoms with van der Waals surface area (Å²) in [7, 11) is 0. The molecule has 1 rings (SSSR count). The summed E-state index contributed by atoms with van der Waals surface area (Å²) >= 11 is 0. The minimum atomic E-state index is -1.39. The van der Waals surface area contributed by atoms with Gasteiger partial charge in [-0.15, -0.1) is 0 Å². The van der Waals surface area contributed by atoms with Crippen molar-refractivity contribution in [2.24, 2.45) is 5.41 Å². The van der Waals surface area contributed by atoms with E-state index in [2.05, 4.69) is 0 Å². The van der Waals surface area contributed by atoms with Gasteiger partial charge in [0.25, 0.3) is 0 Å². The zero-order chi connectivity index (χ0) is 14.8. The average Bonchev–Trinajstić information content (AvgIpc) is 2.10. The number of hydrogen-bond donors (Lipinski definition) is 0. The standard InChI is InChI=1S/C12H13F2NO4/c1-12(2,3)6-10(16)19-7-4-8(13)11(15(17)18)9(14)5-7/h4-5H,6H2,1-3H3. The Kier molecular flexibility index (Phi) is 4.18. The lowest BCUT2D eigenvalue weighted by Gasteiger charge is -2.16. The zero-order valence-electron chi connectivity index (χ0n) is 10.7. The monoisotopic (exact) mass is 273 g/mol. The molecule has 0 spiro atoms. The van der Waals surface area contributed by atoms with Gasteiger partial charge in [0.2, 0.25) is 11.6 Å². The van der Waals surface area contributed by atoms with Crippen molar-refractivity contribution in [2.45, 2.75) is 27.2 Å². The summed E-state index contributed by atoms with van der Waals surface area (Å²) in [5, 5.41) is 10.4. The molecule has 0 aliphatic rings. The van der Waals surface area contributed by atoms with Gasteiger partial charge in [0, 0.05) is 12.1 Å².